The second kappa shape index (κ2) is 14.9. The minimum Gasteiger partial charge on any atom is -0.465 e. The molecule has 1 atom stereocenters. The highest BCUT2D eigenvalue weighted by Gasteiger charge is 2.32. The van der Waals surface area contributed by atoms with E-state index in [0.717, 1.165) is 92.2 Å². The molecule has 48 heavy (non-hydrogen) atoms. The molecule has 1 amide bonds. The van der Waals surface area contributed by atoms with Crippen LogP contribution in [0, 0.1) is 5.41 Å². The largest absolute Gasteiger partial charge is 0.465 e. The number of hydrogen-bond acceptors (Lipinski definition) is 9. The average molecular weight is 657 g/mol. The standard InChI is InChI=1S/C36H48N8O4/c1-36(2,3)30(23-38-35(45)46)47-22-21-42-17-19-43(20-18-42)26-11-13-27(14-12-26)44-34-31(33(37)39-24-40-34)32(41-44)25-9-15-29(16-10-25)48-28-7-5-4-6-8-28/h4-10,15-16,24,26-27,30,38H,11-14,17-23H2,1-3H3,(H,45,46)(H2,37,39,40)/t26-,27-,30?. The van der Waals surface area contributed by atoms with E-state index in [1.165, 1.54) is 6.33 Å². The zero-order chi connectivity index (χ0) is 33.7. The summed E-state index contributed by atoms with van der Waals surface area (Å²) in [6.45, 7) is 12.1. The molecule has 1 aliphatic carbocycles. The first kappa shape index (κ1) is 33.6. The number of amides is 1. The van der Waals surface area contributed by atoms with E-state index in [9.17, 15) is 4.79 Å². The lowest BCUT2D eigenvalue weighted by Gasteiger charge is -2.42. The summed E-state index contributed by atoms with van der Waals surface area (Å²) in [6, 6.07) is 18.5. The fraction of sp³-hybridized carbons (Fsp3) is 0.500. The molecular formula is C36H48N8O4. The lowest BCUT2D eigenvalue weighted by atomic mass is 9.89. The molecule has 0 spiro atoms. The maximum atomic E-state index is 11.0. The highest BCUT2D eigenvalue weighted by Crippen LogP contribution is 2.37. The number of nitrogens with one attached hydrogen (secondary N) is 1. The number of nitrogen functional groups attached to an aromatic ring is 1. The number of piperazine rings is 1. The molecule has 12 heteroatoms. The molecule has 1 unspecified atom stereocenters. The van der Waals surface area contributed by atoms with Crippen LogP contribution in [0.1, 0.15) is 52.5 Å². The maximum absolute atomic E-state index is 11.0. The maximum Gasteiger partial charge on any atom is 0.404 e. The zero-order valence-electron chi connectivity index (χ0n) is 28.2. The summed E-state index contributed by atoms with van der Waals surface area (Å²) in [7, 11) is 0. The zero-order valence-corrected chi connectivity index (χ0v) is 28.2. The van der Waals surface area contributed by atoms with Gasteiger partial charge in [0.25, 0.3) is 0 Å². The van der Waals surface area contributed by atoms with E-state index < -0.39 is 6.09 Å². The predicted molar refractivity (Wildman–Crippen MR) is 186 cm³/mol. The number of carbonyl (C=O) groups is 1. The van der Waals surface area contributed by atoms with Crippen LogP contribution in [0.5, 0.6) is 11.5 Å². The summed E-state index contributed by atoms with van der Waals surface area (Å²) in [6.07, 6.45) is 4.62. The van der Waals surface area contributed by atoms with E-state index in [1.807, 2.05) is 54.6 Å². The molecule has 1 saturated carbocycles. The van der Waals surface area contributed by atoms with Gasteiger partial charge >= 0.3 is 6.09 Å². The second-order valence-electron chi connectivity index (χ2n) is 13.9. The van der Waals surface area contributed by atoms with E-state index in [2.05, 4.69) is 50.5 Å². The molecule has 2 fully saturated rings. The van der Waals surface area contributed by atoms with Gasteiger partial charge in [0, 0.05) is 50.9 Å². The number of anilines is 1. The number of nitrogens with zero attached hydrogens (tertiary/aromatic N) is 6. The van der Waals surface area contributed by atoms with Crippen molar-refractivity contribution in [3.63, 3.8) is 0 Å². The number of fused-ring (bicyclic) bond motifs is 1. The molecule has 4 N–H and O–H groups in total. The lowest BCUT2D eigenvalue weighted by molar-refractivity contribution is -0.0292. The van der Waals surface area contributed by atoms with Gasteiger partial charge in [0.2, 0.25) is 0 Å². The van der Waals surface area contributed by atoms with Crippen molar-refractivity contribution >= 4 is 22.9 Å². The lowest BCUT2D eigenvalue weighted by Crippen LogP contribution is -2.52. The molecule has 1 aliphatic heterocycles. The monoisotopic (exact) mass is 656 g/mol. The van der Waals surface area contributed by atoms with Crippen LogP contribution >= 0.6 is 0 Å². The smallest absolute Gasteiger partial charge is 0.404 e. The van der Waals surface area contributed by atoms with E-state index >= 15 is 0 Å². The first-order chi connectivity index (χ1) is 23.2. The summed E-state index contributed by atoms with van der Waals surface area (Å²) < 4.78 is 14.2. The number of carboxylic acid groups (broad SMARTS) is 1. The highest BCUT2D eigenvalue weighted by molar-refractivity contribution is 5.98. The number of benzene rings is 2. The van der Waals surface area contributed by atoms with Crippen LogP contribution in [0.3, 0.4) is 0 Å². The third-order valence-corrected chi connectivity index (χ3v) is 9.69. The van der Waals surface area contributed by atoms with Gasteiger partial charge in [-0.3, -0.25) is 9.80 Å². The Morgan fingerprint density at radius 1 is 0.958 bits per heavy atom. The predicted octanol–water partition coefficient (Wildman–Crippen LogP) is 5.67. The number of nitrogens with two attached hydrogens (primary N) is 1. The van der Waals surface area contributed by atoms with Crippen molar-refractivity contribution in [2.24, 2.45) is 5.41 Å². The summed E-state index contributed by atoms with van der Waals surface area (Å²) in [5, 5.41) is 17.4. The van der Waals surface area contributed by atoms with Crippen LogP contribution < -0.4 is 15.8 Å². The van der Waals surface area contributed by atoms with Gasteiger partial charge in [0.05, 0.1) is 24.1 Å². The number of hydrogen-bond donors (Lipinski definition) is 3. The quantitative estimate of drug-likeness (QED) is 0.185. The van der Waals surface area contributed by atoms with Gasteiger partial charge in [0.15, 0.2) is 5.65 Å². The summed E-state index contributed by atoms with van der Waals surface area (Å²) in [5.41, 5.74) is 8.80. The number of ether oxygens (including phenoxy) is 2. The molecule has 0 bridgehead atoms. The van der Waals surface area contributed by atoms with Crippen LogP contribution in [-0.2, 0) is 4.74 Å². The Hall–Kier alpha value is -4.26. The van der Waals surface area contributed by atoms with Gasteiger partial charge in [-0.15, -0.1) is 0 Å². The van der Waals surface area contributed by atoms with Gasteiger partial charge in [-0.2, -0.15) is 5.10 Å². The molecule has 12 nitrogen and oxygen atoms in total. The van der Waals surface area contributed by atoms with Gasteiger partial charge in [-0.25, -0.2) is 19.4 Å². The third kappa shape index (κ3) is 8.05. The third-order valence-electron chi connectivity index (χ3n) is 9.69. The fourth-order valence-electron chi connectivity index (χ4n) is 6.90. The van der Waals surface area contributed by atoms with Gasteiger partial charge < -0.3 is 25.6 Å². The van der Waals surface area contributed by atoms with Crippen molar-refractivity contribution in [2.75, 3.05) is 51.6 Å². The topological polar surface area (TPSA) is 144 Å². The van der Waals surface area contributed by atoms with Gasteiger partial charge in [-0.05, 0) is 67.5 Å². The summed E-state index contributed by atoms with van der Waals surface area (Å²) in [5.74, 6) is 1.98. The van der Waals surface area contributed by atoms with Gasteiger partial charge in [0.1, 0.15) is 29.3 Å². The normalized spacial score (nSPS) is 20.1. The van der Waals surface area contributed by atoms with Crippen LogP contribution in [0.2, 0.25) is 0 Å². The van der Waals surface area contributed by atoms with Crippen LogP contribution in [-0.4, -0.2) is 98.8 Å². The molecule has 1 saturated heterocycles. The van der Waals surface area contributed by atoms with E-state index in [0.29, 0.717) is 25.0 Å². The molecule has 2 aromatic carbocycles. The molecule has 256 valence electrons. The Morgan fingerprint density at radius 3 is 2.29 bits per heavy atom. The molecular weight excluding hydrogens is 608 g/mol. The summed E-state index contributed by atoms with van der Waals surface area (Å²) in [4.78, 5) is 25.0. The molecule has 0 radical (unpaired) electrons. The van der Waals surface area contributed by atoms with Crippen LogP contribution in [0.4, 0.5) is 10.6 Å². The minimum absolute atomic E-state index is 0.146. The number of para-hydroxylation sites is 1. The molecule has 2 aliphatic rings. The average Bonchev–Trinajstić information content (AvgIpc) is 3.48. The highest BCUT2D eigenvalue weighted by atomic mass is 16.5. The van der Waals surface area contributed by atoms with Crippen molar-refractivity contribution < 1.29 is 19.4 Å². The molecule has 2 aromatic heterocycles. The Kier molecular flexibility index (Phi) is 10.4. The van der Waals surface area contributed by atoms with Crippen molar-refractivity contribution in [2.45, 2.75) is 64.6 Å². The Bertz CT molecular complexity index is 1640. The van der Waals surface area contributed by atoms with Crippen molar-refractivity contribution in [3.05, 3.63) is 60.9 Å². The summed E-state index contributed by atoms with van der Waals surface area (Å²) >= 11 is 0. The van der Waals surface area contributed by atoms with E-state index in [1.54, 1.807) is 0 Å². The van der Waals surface area contributed by atoms with Crippen molar-refractivity contribution in [1.82, 2.24) is 34.9 Å². The second-order valence-corrected chi connectivity index (χ2v) is 13.9. The van der Waals surface area contributed by atoms with Crippen molar-refractivity contribution in [1.29, 1.82) is 0 Å². The number of rotatable bonds is 11. The van der Waals surface area contributed by atoms with Gasteiger partial charge in [-0.1, -0.05) is 39.0 Å². The number of aromatic nitrogens is 4. The molecule has 4 aromatic rings. The molecule has 6 rings (SSSR count). The Balaban J connectivity index is 1.03. The van der Waals surface area contributed by atoms with Crippen LogP contribution in [0.25, 0.3) is 22.3 Å². The Morgan fingerprint density at radius 2 is 1.62 bits per heavy atom. The van der Waals surface area contributed by atoms with Crippen molar-refractivity contribution in [3.8, 4) is 22.8 Å². The van der Waals surface area contributed by atoms with Crippen LogP contribution in [0.15, 0.2) is 60.9 Å². The SMILES string of the molecule is CC(C)(C)C(CNC(=O)O)OCCN1CCN([C@H]2CC[C@H](n3nc(-c4ccc(Oc5ccccc5)cc4)c4c(N)ncnc43)CC2)CC1. The first-order valence-electron chi connectivity index (χ1n) is 17.0. The molecule has 3 heterocycles. The Labute approximate surface area is 282 Å². The van der Waals surface area contributed by atoms with E-state index in [-0.39, 0.29) is 17.6 Å². The fourth-order valence-corrected chi connectivity index (χ4v) is 6.90. The van der Waals surface area contributed by atoms with E-state index in [4.69, 9.17) is 25.4 Å². The minimum atomic E-state index is -1.02. The first-order valence-corrected chi connectivity index (χ1v) is 17.0.